The summed E-state index contributed by atoms with van der Waals surface area (Å²) < 4.78 is 5.85. The van der Waals surface area contributed by atoms with Gasteiger partial charge in [0.05, 0.1) is 12.7 Å². The fourth-order valence-corrected chi connectivity index (χ4v) is 2.18. The highest BCUT2D eigenvalue weighted by molar-refractivity contribution is 4.70. The zero-order valence-electron chi connectivity index (χ0n) is 11.8. The van der Waals surface area contributed by atoms with Crippen LogP contribution in [-0.2, 0) is 4.74 Å². The summed E-state index contributed by atoms with van der Waals surface area (Å²) in [5.74, 6) is 0. The van der Waals surface area contributed by atoms with Gasteiger partial charge in [-0.25, -0.2) is 0 Å². The van der Waals surface area contributed by atoms with Crippen LogP contribution in [0.3, 0.4) is 0 Å². The Morgan fingerprint density at radius 3 is 2.35 bits per heavy atom. The molecule has 17 heavy (non-hydrogen) atoms. The largest absolute Gasteiger partial charge is 0.377 e. The van der Waals surface area contributed by atoms with Crippen molar-refractivity contribution in [3.8, 4) is 0 Å². The van der Waals surface area contributed by atoms with Crippen LogP contribution in [0.4, 0.5) is 0 Å². The van der Waals surface area contributed by atoms with Crippen LogP contribution in [0.1, 0.15) is 52.9 Å². The molecule has 0 heterocycles. The quantitative estimate of drug-likeness (QED) is 0.672. The number of ether oxygens (including phenoxy) is 1. The van der Waals surface area contributed by atoms with Gasteiger partial charge >= 0.3 is 0 Å². The number of nitrogens with one attached hydrogen (secondary N) is 2. The van der Waals surface area contributed by atoms with Crippen molar-refractivity contribution in [2.24, 2.45) is 0 Å². The predicted molar refractivity (Wildman–Crippen MR) is 73.5 cm³/mol. The van der Waals surface area contributed by atoms with Crippen LogP contribution in [0.25, 0.3) is 0 Å². The molecule has 1 saturated carbocycles. The van der Waals surface area contributed by atoms with Gasteiger partial charge in [-0.1, -0.05) is 19.3 Å². The third-order valence-corrected chi connectivity index (χ3v) is 3.14. The molecule has 0 spiro atoms. The summed E-state index contributed by atoms with van der Waals surface area (Å²) in [5.41, 5.74) is 0.222. The zero-order valence-corrected chi connectivity index (χ0v) is 11.8. The molecule has 1 aliphatic carbocycles. The monoisotopic (exact) mass is 242 g/mol. The second kappa shape index (κ2) is 8.06. The van der Waals surface area contributed by atoms with E-state index in [1.807, 2.05) is 0 Å². The van der Waals surface area contributed by atoms with Gasteiger partial charge in [-0.15, -0.1) is 0 Å². The third kappa shape index (κ3) is 8.58. The van der Waals surface area contributed by atoms with Crippen LogP contribution in [0.15, 0.2) is 0 Å². The summed E-state index contributed by atoms with van der Waals surface area (Å²) in [7, 11) is 0. The topological polar surface area (TPSA) is 33.3 Å². The minimum Gasteiger partial charge on any atom is -0.377 e. The molecule has 3 nitrogen and oxygen atoms in total. The second-order valence-corrected chi connectivity index (χ2v) is 6.06. The van der Waals surface area contributed by atoms with E-state index in [1.165, 1.54) is 32.1 Å². The lowest BCUT2D eigenvalue weighted by atomic mass is 9.98. The Labute approximate surface area is 107 Å². The highest BCUT2D eigenvalue weighted by Crippen LogP contribution is 2.19. The van der Waals surface area contributed by atoms with Crippen molar-refractivity contribution in [1.29, 1.82) is 0 Å². The zero-order chi connectivity index (χ0) is 12.6. The van der Waals surface area contributed by atoms with Crippen molar-refractivity contribution >= 4 is 0 Å². The standard InChI is InChI=1S/C14H30N2O/c1-14(2,3)16-10-9-15-11-12-17-13-7-5-4-6-8-13/h13,15-16H,4-12H2,1-3H3. The molecule has 0 aromatic rings. The first-order valence-electron chi connectivity index (χ1n) is 7.15. The van der Waals surface area contributed by atoms with E-state index in [1.54, 1.807) is 0 Å². The van der Waals surface area contributed by atoms with E-state index in [-0.39, 0.29) is 5.54 Å². The summed E-state index contributed by atoms with van der Waals surface area (Å²) in [6.07, 6.45) is 7.19. The average molecular weight is 242 g/mol. The Balaban J connectivity index is 1.84. The van der Waals surface area contributed by atoms with E-state index in [9.17, 15) is 0 Å². The predicted octanol–water partition coefficient (Wildman–Crippen LogP) is 2.31. The van der Waals surface area contributed by atoms with Crippen LogP contribution in [-0.4, -0.2) is 37.9 Å². The third-order valence-electron chi connectivity index (χ3n) is 3.14. The Morgan fingerprint density at radius 2 is 1.71 bits per heavy atom. The lowest BCUT2D eigenvalue weighted by Crippen LogP contribution is -2.40. The molecular formula is C14H30N2O. The van der Waals surface area contributed by atoms with Crippen molar-refractivity contribution in [3.05, 3.63) is 0 Å². The van der Waals surface area contributed by atoms with E-state index in [0.717, 1.165) is 26.2 Å². The highest BCUT2D eigenvalue weighted by Gasteiger charge is 2.12. The van der Waals surface area contributed by atoms with E-state index in [2.05, 4.69) is 31.4 Å². The molecule has 2 N–H and O–H groups in total. The maximum Gasteiger partial charge on any atom is 0.0594 e. The molecule has 0 unspecified atom stereocenters. The number of hydrogen-bond donors (Lipinski definition) is 2. The van der Waals surface area contributed by atoms with Gasteiger partial charge in [0.2, 0.25) is 0 Å². The first-order valence-corrected chi connectivity index (χ1v) is 7.15. The van der Waals surface area contributed by atoms with Crippen molar-refractivity contribution in [2.45, 2.75) is 64.5 Å². The lowest BCUT2D eigenvalue weighted by molar-refractivity contribution is 0.0304. The average Bonchev–Trinajstić information content (AvgIpc) is 2.28. The summed E-state index contributed by atoms with van der Waals surface area (Å²) in [5, 5.41) is 6.87. The van der Waals surface area contributed by atoms with Crippen molar-refractivity contribution in [2.75, 3.05) is 26.2 Å². The summed E-state index contributed by atoms with van der Waals surface area (Å²) in [6.45, 7) is 10.5. The van der Waals surface area contributed by atoms with Gasteiger partial charge in [0.1, 0.15) is 0 Å². The van der Waals surface area contributed by atoms with Gasteiger partial charge < -0.3 is 15.4 Å². The van der Waals surface area contributed by atoms with E-state index < -0.39 is 0 Å². The molecule has 0 atom stereocenters. The number of rotatable bonds is 7. The van der Waals surface area contributed by atoms with Crippen LogP contribution in [0.5, 0.6) is 0 Å². The van der Waals surface area contributed by atoms with Gasteiger partial charge in [-0.2, -0.15) is 0 Å². The molecule has 0 aromatic carbocycles. The summed E-state index contributed by atoms with van der Waals surface area (Å²) in [6, 6.07) is 0. The highest BCUT2D eigenvalue weighted by atomic mass is 16.5. The second-order valence-electron chi connectivity index (χ2n) is 6.06. The molecule has 102 valence electrons. The fraction of sp³-hybridized carbons (Fsp3) is 1.00. The molecule has 0 aliphatic heterocycles. The normalized spacial score (nSPS) is 18.5. The Hall–Kier alpha value is -0.120. The van der Waals surface area contributed by atoms with Gasteiger partial charge in [-0.3, -0.25) is 0 Å². The molecule has 0 saturated heterocycles. The van der Waals surface area contributed by atoms with Crippen molar-refractivity contribution in [1.82, 2.24) is 10.6 Å². The minimum atomic E-state index is 0.222. The molecule has 0 radical (unpaired) electrons. The molecular weight excluding hydrogens is 212 g/mol. The Kier molecular flexibility index (Phi) is 7.09. The molecule has 0 amide bonds. The smallest absolute Gasteiger partial charge is 0.0594 e. The van der Waals surface area contributed by atoms with E-state index >= 15 is 0 Å². The minimum absolute atomic E-state index is 0.222. The number of hydrogen-bond acceptors (Lipinski definition) is 3. The molecule has 0 aromatic heterocycles. The van der Waals surface area contributed by atoms with Crippen LogP contribution < -0.4 is 10.6 Å². The lowest BCUT2D eigenvalue weighted by Gasteiger charge is -2.22. The van der Waals surface area contributed by atoms with Gasteiger partial charge in [0.15, 0.2) is 0 Å². The van der Waals surface area contributed by atoms with E-state index in [4.69, 9.17) is 4.74 Å². The van der Waals surface area contributed by atoms with Gasteiger partial charge in [0, 0.05) is 25.2 Å². The van der Waals surface area contributed by atoms with Gasteiger partial charge in [-0.05, 0) is 33.6 Å². The first-order chi connectivity index (χ1) is 8.08. The maximum absolute atomic E-state index is 5.85. The van der Waals surface area contributed by atoms with Crippen molar-refractivity contribution in [3.63, 3.8) is 0 Å². The van der Waals surface area contributed by atoms with Crippen LogP contribution >= 0.6 is 0 Å². The van der Waals surface area contributed by atoms with E-state index in [0.29, 0.717) is 6.10 Å². The summed E-state index contributed by atoms with van der Waals surface area (Å²) in [4.78, 5) is 0. The molecule has 1 aliphatic rings. The molecule has 1 rings (SSSR count). The molecule has 1 fully saturated rings. The van der Waals surface area contributed by atoms with Gasteiger partial charge in [0.25, 0.3) is 0 Å². The van der Waals surface area contributed by atoms with Crippen molar-refractivity contribution < 1.29 is 4.74 Å². The molecule has 3 heteroatoms. The Bertz CT molecular complexity index is 183. The fourth-order valence-electron chi connectivity index (χ4n) is 2.18. The molecule has 0 bridgehead atoms. The first kappa shape index (κ1) is 14.9. The summed E-state index contributed by atoms with van der Waals surface area (Å²) >= 11 is 0. The van der Waals surface area contributed by atoms with Crippen LogP contribution in [0, 0.1) is 0 Å². The SMILES string of the molecule is CC(C)(C)NCCNCCOC1CCCCC1. The van der Waals surface area contributed by atoms with Crippen LogP contribution in [0.2, 0.25) is 0 Å². The Morgan fingerprint density at radius 1 is 1.00 bits per heavy atom. The maximum atomic E-state index is 5.85.